The van der Waals surface area contributed by atoms with Crippen molar-refractivity contribution in [3.05, 3.63) is 28.2 Å². The molecular formula is C11H15BrO2. The molecule has 1 rings (SSSR count). The second kappa shape index (κ2) is 5.37. The third-order valence-corrected chi connectivity index (χ3v) is 2.26. The monoisotopic (exact) mass is 258 g/mol. The van der Waals surface area contributed by atoms with E-state index in [1.165, 1.54) is 0 Å². The zero-order valence-electron chi connectivity index (χ0n) is 8.46. The van der Waals surface area contributed by atoms with Crippen LogP contribution in [0, 0.1) is 5.92 Å². The Labute approximate surface area is 93.0 Å². The van der Waals surface area contributed by atoms with Gasteiger partial charge in [-0.3, -0.25) is 0 Å². The van der Waals surface area contributed by atoms with Crippen LogP contribution in [0.25, 0.3) is 0 Å². The van der Waals surface area contributed by atoms with Crippen LogP contribution in [-0.2, 0) is 6.61 Å². The third kappa shape index (κ3) is 3.31. The Hall–Kier alpha value is -0.540. The Bertz CT molecular complexity index is 297. The molecule has 14 heavy (non-hydrogen) atoms. The maximum atomic E-state index is 9.08. The highest BCUT2D eigenvalue weighted by atomic mass is 79.9. The quantitative estimate of drug-likeness (QED) is 0.900. The lowest BCUT2D eigenvalue weighted by Gasteiger charge is -2.12. The Morgan fingerprint density at radius 1 is 1.43 bits per heavy atom. The molecule has 0 heterocycles. The molecule has 0 aromatic heterocycles. The fraction of sp³-hybridized carbons (Fsp3) is 0.455. The van der Waals surface area contributed by atoms with Crippen molar-refractivity contribution in [2.45, 2.75) is 20.5 Å². The van der Waals surface area contributed by atoms with Crippen molar-refractivity contribution in [1.82, 2.24) is 0 Å². The molecule has 2 nitrogen and oxygen atoms in total. The number of aliphatic hydroxyl groups is 1. The molecule has 0 fully saturated rings. The molecule has 1 aromatic rings. The molecule has 0 aliphatic carbocycles. The minimum Gasteiger partial charge on any atom is -0.493 e. The molecule has 1 aromatic carbocycles. The van der Waals surface area contributed by atoms with E-state index < -0.39 is 0 Å². The maximum absolute atomic E-state index is 9.08. The van der Waals surface area contributed by atoms with E-state index in [0.29, 0.717) is 12.5 Å². The molecule has 0 saturated heterocycles. The van der Waals surface area contributed by atoms with Gasteiger partial charge in [-0.1, -0.05) is 35.8 Å². The predicted molar refractivity (Wildman–Crippen MR) is 60.4 cm³/mol. The Kier molecular flexibility index (Phi) is 4.42. The van der Waals surface area contributed by atoms with Crippen LogP contribution in [0.3, 0.4) is 0 Å². The molecule has 0 saturated carbocycles. The van der Waals surface area contributed by atoms with Crippen LogP contribution >= 0.6 is 15.9 Å². The van der Waals surface area contributed by atoms with Crippen molar-refractivity contribution in [3.8, 4) is 5.75 Å². The smallest absolute Gasteiger partial charge is 0.125 e. The summed E-state index contributed by atoms with van der Waals surface area (Å²) in [7, 11) is 0. The lowest BCUT2D eigenvalue weighted by Crippen LogP contribution is -2.06. The van der Waals surface area contributed by atoms with Crippen molar-refractivity contribution in [2.75, 3.05) is 6.61 Å². The summed E-state index contributed by atoms with van der Waals surface area (Å²) in [5.74, 6) is 1.25. The summed E-state index contributed by atoms with van der Waals surface area (Å²) in [5.41, 5.74) is 0.828. The number of ether oxygens (including phenoxy) is 1. The van der Waals surface area contributed by atoms with Crippen molar-refractivity contribution < 1.29 is 9.84 Å². The fourth-order valence-corrected chi connectivity index (χ4v) is 1.39. The lowest BCUT2D eigenvalue weighted by atomic mass is 10.2. The summed E-state index contributed by atoms with van der Waals surface area (Å²) >= 11 is 3.37. The number of hydrogen-bond donors (Lipinski definition) is 1. The molecule has 1 N–H and O–H groups in total. The average Bonchev–Trinajstić information content (AvgIpc) is 2.15. The number of hydrogen-bond acceptors (Lipinski definition) is 2. The van der Waals surface area contributed by atoms with Crippen LogP contribution in [0.2, 0.25) is 0 Å². The van der Waals surface area contributed by atoms with Gasteiger partial charge in [-0.05, 0) is 18.1 Å². The van der Waals surface area contributed by atoms with E-state index in [9.17, 15) is 0 Å². The minimum atomic E-state index is 0.0146. The average molecular weight is 259 g/mol. The van der Waals surface area contributed by atoms with Gasteiger partial charge in [0, 0.05) is 10.0 Å². The van der Waals surface area contributed by atoms with Gasteiger partial charge in [-0.2, -0.15) is 0 Å². The largest absolute Gasteiger partial charge is 0.493 e. The predicted octanol–water partition coefficient (Wildman–Crippen LogP) is 2.98. The summed E-state index contributed by atoms with van der Waals surface area (Å²) in [5, 5.41) is 9.08. The van der Waals surface area contributed by atoms with E-state index in [4.69, 9.17) is 9.84 Å². The normalized spacial score (nSPS) is 10.6. The molecular weight excluding hydrogens is 244 g/mol. The van der Waals surface area contributed by atoms with Gasteiger partial charge in [0.05, 0.1) is 13.2 Å². The third-order valence-electron chi connectivity index (χ3n) is 1.77. The van der Waals surface area contributed by atoms with Gasteiger partial charge in [0.2, 0.25) is 0 Å². The molecule has 0 bridgehead atoms. The highest BCUT2D eigenvalue weighted by Gasteiger charge is 2.04. The van der Waals surface area contributed by atoms with E-state index in [1.54, 1.807) is 0 Å². The summed E-state index contributed by atoms with van der Waals surface area (Å²) in [6.45, 7) is 4.87. The van der Waals surface area contributed by atoms with Crippen molar-refractivity contribution in [3.63, 3.8) is 0 Å². The van der Waals surface area contributed by atoms with E-state index in [2.05, 4.69) is 29.8 Å². The molecule has 3 heteroatoms. The standard InChI is InChI=1S/C11H15BrO2/c1-8(2)7-14-11-5-10(12)4-3-9(11)6-13/h3-5,8,13H,6-7H2,1-2H3. The molecule has 0 amide bonds. The van der Waals surface area contributed by atoms with E-state index in [-0.39, 0.29) is 6.61 Å². The van der Waals surface area contributed by atoms with Crippen LogP contribution in [0.15, 0.2) is 22.7 Å². The van der Waals surface area contributed by atoms with Crippen LogP contribution in [0.1, 0.15) is 19.4 Å². The van der Waals surface area contributed by atoms with Crippen molar-refractivity contribution in [1.29, 1.82) is 0 Å². The topological polar surface area (TPSA) is 29.5 Å². The SMILES string of the molecule is CC(C)COc1cc(Br)ccc1CO. The molecule has 0 radical (unpaired) electrons. The van der Waals surface area contributed by atoms with Crippen LogP contribution < -0.4 is 4.74 Å². The zero-order chi connectivity index (χ0) is 10.6. The summed E-state index contributed by atoms with van der Waals surface area (Å²) in [6, 6.07) is 5.64. The van der Waals surface area contributed by atoms with Crippen molar-refractivity contribution in [2.24, 2.45) is 5.92 Å². The first-order valence-electron chi connectivity index (χ1n) is 4.65. The highest BCUT2D eigenvalue weighted by Crippen LogP contribution is 2.24. The number of aliphatic hydroxyl groups excluding tert-OH is 1. The molecule has 78 valence electrons. The van der Waals surface area contributed by atoms with Gasteiger partial charge < -0.3 is 9.84 Å². The zero-order valence-corrected chi connectivity index (χ0v) is 10.0. The fourth-order valence-electron chi connectivity index (χ4n) is 1.05. The number of halogens is 1. The Morgan fingerprint density at radius 3 is 2.71 bits per heavy atom. The van der Waals surface area contributed by atoms with Crippen LogP contribution in [0.4, 0.5) is 0 Å². The van der Waals surface area contributed by atoms with E-state index >= 15 is 0 Å². The summed E-state index contributed by atoms with van der Waals surface area (Å²) in [4.78, 5) is 0. The second-order valence-corrected chi connectivity index (χ2v) is 4.53. The molecule has 0 atom stereocenters. The van der Waals surface area contributed by atoms with Crippen LogP contribution in [0.5, 0.6) is 5.75 Å². The number of benzene rings is 1. The maximum Gasteiger partial charge on any atom is 0.125 e. The molecule has 0 aliphatic rings. The first-order valence-corrected chi connectivity index (χ1v) is 5.45. The van der Waals surface area contributed by atoms with Crippen molar-refractivity contribution >= 4 is 15.9 Å². The van der Waals surface area contributed by atoms with Gasteiger partial charge in [0.25, 0.3) is 0 Å². The highest BCUT2D eigenvalue weighted by molar-refractivity contribution is 9.10. The van der Waals surface area contributed by atoms with Gasteiger partial charge in [-0.25, -0.2) is 0 Å². The van der Waals surface area contributed by atoms with Gasteiger partial charge >= 0.3 is 0 Å². The summed E-state index contributed by atoms with van der Waals surface area (Å²) in [6.07, 6.45) is 0. The summed E-state index contributed by atoms with van der Waals surface area (Å²) < 4.78 is 6.55. The molecule has 0 spiro atoms. The molecule has 0 aliphatic heterocycles. The number of rotatable bonds is 4. The first-order chi connectivity index (χ1) is 6.63. The van der Waals surface area contributed by atoms with E-state index in [1.807, 2.05) is 18.2 Å². The van der Waals surface area contributed by atoms with E-state index in [0.717, 1.165) is 15.8 Å². The van der Waals surface area contributed by atoms with Gasteiger partial charge in [0.1, 0.15) is 5.75 Å². The van der Waals surface area contributed by atoms with Gasteiger partial charge in [-0.15, -0.1) is 0 Å². The Morgan fingerprint density at radius 2 is 2.14 bits per heavy atom. The molecule has 0 unspecified atom stereocenters. The minimum absolute atomic E-state index is 0.0146. The van der Waals surface area contributed by atoms with Crippen LogP contribution in [-0.4, -0.2) is 11.7 Å². The van der Waals surface area contributed by atoms with Gasteiger partial charge in [0.15, 0.2) is 0 Å². The second-order valence-electron chi connectivity index (χ2n) is 3.62. The first kappa shape index (κ1) is 11.5. The Balaban J connectivity index is 2.77. The lowest BCUT2D eigenvalue weighted by molar-refractivity contribution is 0.245.